The van der Waals surface area contributed by atoms with E-state index in [0.29, 0.717) is 38.2 Å². The number of amides is 3. The van der Waals surface area contributed by atoms with Crippen LogP contribution >= 0.6 is 0 Å². The van der Waals surface area contributed by atoms with Gasteiger partial charge in [0, 0.05) is 31.7 Å². The molecule has 40 heavy (non-hydrogen) atoms. The Hall–Kier alpha value is -3.72. The number of rotatable bonds is 10. The Kier molecular flexibility index (Phi) is 9.58. The molecule has 0 radical (unpaired) electrons. The number of hydrogen-bond acceptors (Lipinski definition) is 5. The van der Waals surface area contributed by atoms with Gasteiger partial charge >= 0.3 is 0 Å². The average Bonchev–Trinajstić information content (AvgIpc) is 2.98. The van der Waals surface area contributed by atoms with Crippen molar-refractivity contribution in [1.29, 1.82) is 0 Å². The van der Waals surface area contributed by atoms with E-state index >= 15 is 0 Å². The van der Waals surface area contributed by atoms with E-state index < -0.39 is 21.8 Å². The van der Waals surface area contributed by atoms with E-state index in [9.17, 15) is 22.8 Å². The zero-order valence-electron chi connectivity index (χ0n) is 23.1. The van der Waals surface area contributed by atoms with Crippen LogP contribution < -0.4 is 4.72 Å². The maximum Gasteiger partial charge on any atom is 0.264 e. The molecule has 1 aliphatic rings. The fourth-order valence-electron chi connectivity index (χ4n) is 5.31. The molecular formula is C31H37N3O5S. The SMILES string of the molecule is CCN(CC)C(=O)C(CCC1CCN(C(=O)c2ccccc2)CC1)C(=O)NS(=O)(=O)c1ccc2ccccc2c1. The average molecular weight is 564 g/mol. The van der Waals surface area contributed by atoms with Crippen molar-refractivity contribution >= 4 is 38.5 Å². The van der Waals surface area contributed by atoms with E-state index in [0.717, 1.165) is 23.6 Å². The van der Waals surface area contributed by atoms with Crippen LogP contribution in [0.15, 0.2) is 77.7 Å². The summed E-state index contributed by atoms with van der Waals surface area (Å²) in [5.41, 5.74) is 0.662. The number of fused-ring (bicyclic) bond motifs is 1. The number of carbonyl (C=O) groups is 3. The summed E-state index contributed by atoms with van der Waals surface area (Å²) in [7, 11) is -4.17. The number of benzene rings is 3. The van der Waals surface area contributed by atoms with Crippen LogP contribution in [0.2, 0.25) is 0 Å². The van der Waals surface area contributed by atoms with E-state index in [4.69, 9.17) is 0 Å². The molecule has 0 saturated carbocycles. The highest BCUT2D eigenvalue weighted by atomic mass is 32.2. The molecule has 0 aliphatic carbocycles. The summed E-state index contributed by atoms with van der Waals surface area (Å²) in [5, 5.41) is 1.63. The van der Waals surface area contributed by atoms with Crippen LogP contribution in [0.1, 0.15) is 49.9 Å². The standard InChI is InChI=1S/C31H37N3O5S/c1-3-33(4-2)31(37)28(17-14-23-18-20-34(21-19-23)30(36)25-11-6-5-7-12-25)29(35)32-40(38,39)27-16-15-24-10-8-9-13-26(24)22-27/h5-13,15-16,22-23,28H,3-4,14,17-21H2,1-2H3,(H,32,35). The Labute approximate surface area is 236 Å². The van der Waals surface area contributed by atoms with E-state index in [1.54, 1.807) is 11.0 Å². The third-order valence-corrected chi connectivity index (χ3v) is 9.09. The second-order valence-electron chi connectivity index (χ2n) is 10.2. The van der Waals surface area contributed by atoms with Crippen molar-refractivity contribution < 1.29 is 22.8 Å². The third kappa shape index (κ3) is 6.88. The smallest absolute Gasteiger partial charge is 0.264 e. The summed E-state index contributed by atoms with van der Waals surface area (Å²) in [6.07, 6.45) is 2.36. The number of sulfonamides is 1. The van der Waals surface area contributed by atoms with Gasteiger partial charge in [-0.15, -0.1) is 0 Å². The minimum absolute atomic E-state index is 0.00640. The molecule has 0 spiro atoms. The lowest BCUT2D eigenvalue weighted by atomic mass is 9.88. The molecule has 3 aromatic rings. The highest BCUT2D eigenvalue weighted by molar-refractivity contribution is 7.90. The van der Waals surface area contributed by atoms with Crippen molar-refractivity contribution in [2.24, 2.45) is 11.8 Å². The Morgan fingerprint density at radius 1 is 0.900 bits per heavy atom. The van der Waals surface area contributed by atoms with E-state index in [2.05, 4.69) is 4.72 Å². The molecule has 1 atom stereocenters. The van der Waals surface area contributed by atoms with Gasteiger partial charge in [0.1, 0.15) is 5.92 Å². The van der Waals surface area contributed by atoms with Gasteiger partial charge in [0.25, 0.3) is 15.9 Å². The van der Waals surface area contributed by atoms with Crippen molar-refractivity contribution in [3.05, 3.63) is 78.4 Å². The minimum Gasteiger partial charge on any atom is -0.343 e. The van der Waals surface area contributed by atoms with Gasteiger partial charge in [0.2, 0.25) is 11.8 Å². The fourth-order valence-corrected chi connectivity index (χ4v) is 6.36. The maximum atomic E-state index is 13.4. The lowest BCUT2D eigenvalue weighted by molar-refractivity contribution is -0.141. The van der Waals surface area contributed by atoms with Gasteiger partial charge in [-0.05, 0) is 80.5 Å². The number of hydrogen-bond donors (Lipinski definition) is 1. The zero-order valence-corrected chi connectivity index (χ0v) is 23.9. The van der Waals surface area contributed by atoms with Crippen LogP contribution in [0.5, 0.6) is 0 Å². The lowest BCUT2D eigenvalue weighted by Crippen LogP contribution is -2.45. The molecule has 1 heterocycles. The molecule has 212 valence electrons. The quantitative estimate of drug-likeness (QED) is 0.367. The normalized spacial score (nSPS) is 15.0. The molecule has 1 N–H and O–H groups in total. The second-order valence-corrected chi connectivity index (χ2v) is 11.9. The van der Waals surface area contributed by atoms with Gasteiger partial charge in [-0.3, -0.25) is 14.4 Å². The topological polar surface area (TPSA) is 104 Å². The molecule has 3 amide bonds. The predicted molar refractivity (Wildman–Crippen MR) is 155 cm³/mol. The van der Waals surface area contributed by atoms with Crippen LogP contribution in [0.3, 0.4) is 0 Å². The molecule has 4 rings (SSSR count). The number of nitrogens with one attached hydrogen (secondary N) is 1. The summed E-state index contributed by atoms with van der Waals surface area (Å²) in [6.45, 7) is 5.74. The lowest BCUT2D eigenvalue weighted by Gasteiger charge is -2.33. The first-order valence-electron chi connectivity index (χ1n) is 13.9. The van der Waals surface area contributed by atoms with Gasteiger partial charge in [0.15, 0.2) is 0 Å². The summed E-state index contributed by atoms with van der Waals surface area (Å²) in [6, 6.07) is 21.2. The number of likely N-dealkylation sites (tertiary alicyclic amines) is 1. The minimum atomic E-state index is -4.17. The van der Waals surface area contributed by atoms with Crippen LogP contribution in [0.25, 0.3) is 10.8 Å². The Morgan fingerprint density at radius 3 is 2.17 bits per heavy atom. The Balaban J connectivity index is 1.42. The summed E-state index contributed by atoms with van der Waals surface area (Å²) in [4.78, 5) is 42.8. The van der Waals surface area contributed by atoms with Crippen molar-refractivity contribution in [2.45, 2.75) is 44.4 Å². The molecule has 1 aliphatic heterocycles. The van der Waals surface area contributed by atoms with Gasteiger partial charge in [0.05, 0.1) is 4.90 Å². The Bertz CT molecular complexity index is 1450. The van der Waals surface area contributed by atoms with E-state index in [1.165, 1.54) is 12.1 Å². The first kappa shape index (κ1) is 29.3. The molecule has 3 aromatic carbocycles. The van der Waals surface area contributed by atoms with Crippen molar-refractivity contribution in [2.75, 3.05) is 26.2 Å². The van der Waals surface area contributed by atoms with Crippen molar-refractivity contribution in [1.82, 2.24) is 14.5 Å². The number of nitrogens with zero attached hydrogens (tertiary/aromatic N) is 2. The first-order valence-corrected chi connectivity index (χ1v) is 15.4. The summed E-state index contributed by atoms with van der Waals surface area (Å²) >= 11 is 0. The largest absolute Gasteiger partial charge is 0.343 e. The fraction of sp³-hybridized carbons (Fsp3) is 0.387. The van der Waals surface area contributed by atoms with E-state index in [1.807, 2.05) is 73.3 Å². The molecule has 1 unspecified atom stereocenters. The second kappa shape index (κ2) is 13.1. The van der Waals surface area contributed by atoms with Gasteiger partial charge in [-0.2, -0.15) is 0 Å². The first-order chi connectivity index (χ1) is 19.2. The van der Waals surface area contributed by atoms with E-state index in [-0.39, 0.29) is 29.0 Å². The van der Waals surface area contributed by atoms with Crippen molar-refractivity contribution in [3.8, 4) is 0 Å². The van der Waals surface area contributed by atoms with Gasteiger partial charge in [-0.25, -0.2) is 13.1 Å². The molecular weight excluding hydrogens is 526 g/mol. The van der Waals surface area contributed by atoms with Crippen LogP contribution in [0.4, 0.5) is 0 Å². The molecule has 0 aromatic heterocycles. The molecule has 0 bridgehead atoms. The maximum absolute atomic E-state index is 13.4. The highest BCUT2D eigenvalue weighted by Gasteiger charge is 2.34. The summed E-state index contributed by atoms with van der Waals surface area (Å²) in [5.74, 6) is -2.04. The molecule has 8 nitrogen and oxygen atoms in total. The predicted octanol–water partition coefficient (Wildman–Crippen LogP) is 4.46. The molecule has 9 heteroatoms. The highest BCUT2D eigenvalue weighted by Crippen LogP contribution is 2.26. The Morgan fingerprint density at radius 2 is 1.52 bits per heavy atom. The zero-order chi connectivity index (χ0) is 28.7. The molecule has 1 fully saturated rings. The number of carbonyl (C=O) groups excluding carboxylic acids is 3. The van der Waals surface area contributed by atoms with Gasteiger partial charge < -0.3 is 9.80 Å². The van der Waals surface area contributed by atoms with Crippen LogP contribution in [0, 0.1) is 11.8 Å². The van der Waals surface area contributed by atoms with Crippen LogP contribution in [-0.4, -0.2) is 62.1 Å². The molecule has 1 saturated heterocycles. The van der Waals surface area contributed by atoms with Gasteiger partial charge in [-0.1, -0.05) is 48.5 Å². The third-order valence-electron chi connectivity index (χ3n) is 7.74. The summed E-state index contributed by atoms with van der Waals surface area (Å²) < 4.78 is 28.5. The van der Waals surface area contributed by atoms with Crippen LogP contribution in [-0.2, 0) is 19.6 Å². The van der Waals surface area contributed by atoms with Crippen molar-refractivity contribution in [3.63, 3.8) is 0 Å². The monoisotopic (exact) mass is 563 g/mol. The number of piperidine rings is 1.